The Labute approximate surface area is 167 Å². The predicted molar refractivity (Wildman–Crippen MR) is 109 cm³/mol. The van der Waals surface area contributed by atoms with Gasteiger partial charge in [-0.2, -0.15) is 0 Å². The first-order valence-electron chi connectivity index (χ1n) is 9.67. The molecule has 2 heterocycles. The summed E-state index contributed by atoms with van der Waals surface area (Å²) in [6.07, 6.45) is 0. The molecule has 150 valence electrons. The van der Waals surface area contributed by atoms with Gasteiger partial charge >= 0.3 is 0 Å². The van der Waals surface area contributed by atoms with E-state index in [-0.39, 0.29) is 11.7 Å². The average molecular weight is 395 g/mol. The van der Waals surface area contributed by atoms with Gasteiger partial charge in [-0.1, -0.05) is 19.1 Å². The number of anilines is 1. The number of rotatable bonds is 4. The third kappa shape index (κ3) is 3.86. The number of benzene rings is 2. The highest BCUT2D eigenvalue weighted by atomic mass is 19.1. The van der Waals surface area contributed by atoms with E-state index in [9.17, 15) is 14.0 Å². The number of nitrogens with zero attached hydrogens (tertiary/aromatic N) is 2. The van der Waals surface area contributed by atoms with Crippen molar-refractivity contribution in [3.05, 3.63) is 65.7 Å². The molecule has 0 unspecified atom stereocenters. The summed E-state index contributed by atoms with van der Waals surface area (Å²) in [7, 11) is 0. The number of carbonyl (C=O) groups is 2. The summed E-state index contributed by atoms with van der Waals surface area (Å²) in [6, 6.07) is 12.4. The molecule has 1 saturated heterocycles. The van der Waals surface area contributed by atoms with Gasteiger partial charge in [0.2, 0.25) is 5.76 Å². The Morgan fingerprint density at radius 1 is 1.03 bits per heavy atom. The molecule has 4 rings (SSSR count). The molecule has 0 spiro atoms. The van der Waals surface area contributed by atoms with Gasteiger partial charge in [0.25, 0.3) is 11.8 Å². The van der Waals surface area contributed by atoms with E-state index in [4.69, 9.17) is 4.42 Å². The summed E-state index contributed by atoms with van der Waals surface area (Å²) in [6.45, 7) is 5.87. The second-order valence-corrected chi connectivity index (χ2v) is 6.99. The van der Waals surface area contributed by atoms with Gasteiger partial charge in [-0.15, -0.1) is 0 Å². The number of hydrogen-bond acceptors (Lipinski definition) is 4. The van der Waals surface area contributed by atoms with Gasteiger partial charge in [0.05, 0.1) is 0 Å². The van der Waals surface area contributed by atoms with Crippen LogP contribution in [0.5, 0.6) is 0 Å². The molecule has 0 aliphatic carbocycles. The molecule has 29 heavy (non-hydrogen) atoms. The highest BCUT2D eigenvalue weighted by Crippen LogP contribution is 2.32. The lowest BCUT2D eigenvalue weighted by atomic mass is 10.1. The monoisotopic (exact) mass is 395 g/mol. The minimum atomic E-state index is -0.429. The van der Waals surface area contributed by atoms with E-state index < -0.39 is 11.7 Å². The Balaban J connectivity index is 1.65. The fourth-order valence-corrected chi connectivity index (χ4v) is 3.52. The number of piperazine rings is 1. The van der Waals surface area contributed by atoms with E-state index in [2.05, 4.69) is 17.1 Å². The molecular weight excluding hydrogens is 373 g/mol. The Morgan fingerprint density at radius 2 is 1.72 bits per heavy atom. The van der Waals surface area contributed by atoms with E-state index in [1.54, 1.807) is 17.0 Å². The molecule has 3 aromatic rings. The number of amides is 2. The number of fused-ring (bicyclic) bond motifs is 1. The number of likely N-dealkylation sites (N-methyl/N-ethyl adjacent to an activating group) is 1. The number of hydrogen-bond donors (Lipinski definition) is 1. The third-order valence-electron chi connectivity index (χ3n) is 5.24. The van der Waals surface area contributed by atoms with E-state index in [0.717, 1.165) is 19.6 Å². The molecule has 1 aliphatic rings. The van der Waals surface area contributed by atoms with Crippen molar-refractivity contribution in [2.45, 2.75) is 6.92 Å². The smallest absolute Gasteiger partial charge is 0.291 e. The standard InChI is InChI=1S/C22H22FN3O3/c1-2-25-11-13-26(14-12-25)22(28)20-19(17-5-3-4-6-18(17)29-20)24-21(27)15-7-9-16(23)10-8-15/h3-10H,2,11-14H2,1H3,(H,24,27). The summed E-state index contributed by atoms with van der Waals surface area (Å²) in [5, 5.41) is 3.45. The fourth-order valence-electron chi connectivity index (χ4n) is 3.52. The summed E-state index contributed by atoms with van der Waals surface area (Å²) in [4.78, 5) is 29.9. The zero-order valence-corrected chi connectivity index (χ0v) is 16.2. The fraction of sp³-hybridized carbons (Fsp3) is 0.273. The molecule has 6 nitrogen and oxygen atoms in total. The molecule has 2 amide bonds. The molecule has 7 heteroatoms. The summed E-state index contributed by atoms with van der Waals surface area (Å²) >= 11 is 0. The van der Waals surface area contributed by atoms with Crippen molar-refractivity contribution in [2.75, 3.05) is 38.0 Å². The Bertz CT molecular complexity index is 1040. The Kier molecular flexibility index (Phi) is 5.31. The van der Waals surface area contributed by atoms with Crippen LogP contribution in [-0.2, 0) is 0 Å². The van der Waals surface area contributed by atoms with Crippen molar-refractivity contribution in [2.24, 2.45) is 0 Å². The first-order chi connectivity index (χ1) is 14.1. The summed E-state index contributed by atoms with van der Waals surface area (Å²) in [5.41, 5.74) is 1.17. The molecule has 1 N–H and O–H groups in total. The van der Waals surface area contributed by atoms with Crippen LogP contribution in [0.2, 0.25) is 0 Å². The molecule has 0 bridgehead atoms. The second-order valence-electron chi connectivity index (χ2n) is 6.99. The normalized spacial score (nSPS) is 14.9. The van der Waals surface area contributed by atoms with E-state index in [0.29, 0.717) is 35.3 Å². The van der Waals surface area contributed by atoms with Crippen LogP contribution in [0.15, 0.2) is 52.9 Å². The van der Waals surface area contributed by atoms with Crippen LogP contribution in [0, 0.1) is 5.82 Å². The Morgan fingerprint density at radius 3 is 2.41 bits per heavy atom. The largest absolute Gasteiger partial charge is 0.449 e. The quantitative estimate of drug-likeness (QED) is 0.733. The van der Waals surface area contributed by atoms with Crippen LogP contribution < -0.4 is 5.32 Å². The molecule has 0 saturated carbocycles. The topological polar surface area (TPSA) is 65.8 Å². The van der Waals surface area contributed by atoms with Crippen molar-refractivity contribution in [3.63, 3.8) is 0 Å². The molecule has 1 aromatic heterocycles. The van der Waals surface area contributed by atoms with Crippen LogP contribution in [0.25, 0.3) is 11.0 Å². The second kappa shape index (κ2) is 8.05. The van der Waals surface area contributed by atoms with Crippen LogP contribution in [-0.4, -0.2) is 54.3 Å². The first kappa shape index (κ1) is 19.1. The minimum absolute atomic E-state index is 0.117. The lowest BCUT2D eigenvalue weighted by Crippen LogP contribution is -2.48. The SMILES string of the molecule is CCN1CCN(C(=O)c2oc3ccccc3c2NC(=O)c2ccc(F)cc2)CC1. The van der Waals surface area contributed by atoms with Crippen molar-refractivity contribution in [3.8, 4) is 0 Å². The molecule has 2 aromatic carbocycles. The van der Waals surface area contributed by atoms with Crippen molar-refractivity contribution >= 4 is 28.5 Å². The van der Waals surface area contributed by atoms with Gasteiger partial charge in [0.15, 0.2) is 0 Å². The van der Waals surface area contributed by atoms with Gasteiger partial charge in [-0.05, 0) is 42.9 Å². The lowest BCUT2D eigenvalue weighted by Gasteiger charge is -2.33. The molecule has 1 fully saturated rings. The van der Waals surface area contributed by atoms with Crippen LogP contribution >= 0.6 is 0 Å². The van der Waals surface area contributed by atoms with Crippen LogP contribution in [0.3, 0.4) is 0 Å². The maximum Gasteiger partial charge on any atom is 0.291 e. The number of para-hydroxylation sites is 1. The summed E-state index contributed by atoms with van der Waals surface area (Å²) in [5.74, 6) is -0.975. The Hall–Kier alpha value is -3.19. The number of nitrogens with one attached hydrogen (secondary N) is 1. The summed E-state index contributed by atoms with van der Waals surface area (Å²) < 4.78 is 19.0. The highest BCUT2D eigenvalue weighted by Gasteiger charge is 2.28. The van der Waals surface area contributed by atoms with Gasteiger partial charge < -0.3 is 19.5 Å². The predicted octanol–water partition coefficient (Wildman–Crippen LogP) is 3.60. The maximum absolute atomic E-state index is 13.2. The minimum Gasteiger partial charge on any atom is -0.449 e. The van der Waals surface area contributed by atoms with Crippen LogP contribution in [0.4, 0.5) is 10.1 Å². The lowest BCUT2D eigenvalue weighted by molar-refractivity contribution is 0.0616. The molecule has 0 atom stereocenters. The van der Waals surface area contributed by atoms with Crippen molar-refractivity contribution in [1.29, 1.82) is 0 Å². The number of carbonyl (C=O) groups excluding carboxylic acids is 2. The first-order valence-corrected chi connectivity index (χ1v) is 9.67. The van der Waals surface area contributed by atoms with Crippen LogP contribution in [0.1, 0.15) is 27.8 Å². The molecule has 0 radical (unpaired) electrons. The number of furan rings is 1. The average Bonchev–Trinajstić information content (AvgIpc) is 3.12. The van der Waals surface area contributed by atoms with Gasteiger partial charge in [-0.25, -0.2) is 4.39 Å². The van der Waals surface area contributed by atoms with Gasteiger partial charge in [0, 0.05) is 37.1 Å². The van der Waals surface area contributed by atoms with E-state index >= 15 is 0 Å². The zero-order chi connectivity index (χ0) is 20.4. The molecule has 1 aliphatic heterocycles. The molecular formula is C22H22FN3O3. The number of halogens is 1. The van der Waals surface area contributed by atoms with E-state index in [1.807, 2.05) is 12.1 Å². The maximum atomic E-state index is 13.2. The van der Waals surface area contributed by atoms with E-state index in [1.165, 1.54) is 24.3 Å². The van der Waals surface area contributed by atoms with Gasteiger partial charge in [-0.3, -0.25) is 9.59 Å². The van der Waals surface area contributed by atoms with Gasteiger partial charge in [0.1, 0.15) is 17.1 Å². The third-order valence-corrected chi connectivity index (χ3v) is 5.24. The zero-order valence-electron chi connectivity index (χ0n) is 16.2. The highest BCUT2D eigenvalue weighted by molar-refractivity contribution is 6.14. The van der Waals surface area contributed by atoms with Crippen molar-refractivity contribution in [1.82, 2.24) is 9.80 Å². The van der Waals surface area contributed by atoms with Crippen molar-refractivity contribution < 1.29 is 18.4 Å².